The van der Waals surface area contributed by atoms with Crippen LogP contribution in [0.5, 0.6) is 0 Å². The van der Waals surface area contributed by atoms with E-state index < -0.39 is 42.4 Å². The molecule has 0 unspecified atom stereocenters. The third kappa shape index (κ3) is 5.47. The second-order valence-electron chi connectivity index (χ2n) is 13.3. The smallest absolute Gasteiger partial charge is 0.279 e. The number of ether oxygens (including phenoxy) is 1. The van der Waals surface area contributed by atoms with Crippen LogP contribution in [0.2, 0.25) is 18.6 Å². The zero-order valence-corrected chi connectivity index (χ0v) is 28.2. The number of hydrogen-bond acceptors (Lipinski definition) is 8. The molecule has 2 aliphatic rings. The first-order valence-corrected chi connectivity index (χ1v) is 19.1. The quantitative estimate of drug-likeness (QED) is 0.0921. The fourth-order valence-corrected chi connectivity index (χ4v) is 10.3. The number of aromatic amines is 1. The highest BCUT2D eigenvalue weighted by Gasteiger charge is 2.66. The Morgan fingerprint density at radius 2 is 1.92 bits per heavy atom. The highest BCUT2D eigenvalue weighted by atomic mass is 28.4. The van der Waals surface area contributed by atoms with Gasteiger partial charge in [0.1, 0.15) is 0 Å². The molecule has 1 spiro atoms. The number of halogens is 1. The second kappa shape index (κ2) is 12.2. The molecule has 1 amide bonds. The molecule has 4 atom stereocenters. The maximum absolute atomic E-state index is 16.3. The molecule has 0 radical (unpaired) electrons. The predicted molar refractivity (Wildman–Crippen MR) is 182 cm³/mol. The molecule has 1 saturated heterocycles. The summed E-state index contributed by atoms with van der Waals surface area (Å²) in [6, 6.07) is 18.7. The summed E-state index contributed by atoms with van der Waals surface area (Å²) >= 11 is 0. The van der Waals surface area contributed by atoms with Crippen LogP contribution in [-0.2, 0) is 34.6 Å². The van der Waals surface area contributed by atoms with E-state index >= 15 is 4.11 Å². The van der Waals surface area contributed by atoms with Crippen molar-refractivity contribution < 1.29 is 23.7 Å². The molecular formula is C34H36FN7O6Si. The summed E-state index contributed by atoms with van der Waals surface area (Å²) in [7, 11) is -3.48. The Bertz CT molecular complexity index is 2140. The monoisotopic (exact) mass is 685 g/mol. The number of carbonyl (C=O) groups is 1. The number of nitro benzene ring substituents is 1. The average molecular weight is 686 g/mol. The molecule has 2 aromatic heterocycles. The van der Waals surface area contributed by atoms with Crippen LogP contribution in [0.1, 0.15) is 30.2 Å². The number of benzene rings is 3. The average Bonchev–Trinajstić information content (AvgIpc) is 3.80. The zero-order valence-electron chi connectivity index (χ0n) is 27.2. The lowest BCUT2D eigenvalue weighted by atomic mass is 9.82. The molecule has 4 heterocycles. The van der Waals surface area contributed by atoms with Crippen LogP contribution >= 0.6 is 0 Å². The van der Waals surface area contributed by atoms with E-state index in [1.54, 1.807) is 66.1 Å². The number of anilines is 1. The number of carbonyl (C=O) groups excluding carboxylic acids is 1. The van der Waals surface area contributed by atoms with E-state index in [2.05, 4.69) is 15.4 Å². The van der Waals surface area contributed by atoms with Crippen molar-refractivity contribution in [1.29, 1.82) is 0 Å². The molecule has 0 bridgehead atoms. The van der Waals surface area contributed by atoms with Crippen molar-refractivity contribution in [3.05, 3.63) is 110 Å². The maximum atomic E-state index is 16.3. The van der Waals surface area contributed by atoms with E-state index in [4.69, 9.17) is 4.74 Å². The summed E-state index contributed by atoms with van der Waals surface area (Å²) in [6.45, 7) is 5.36. The Labute approximate surface area is 281 Å². The summed E-state index contributed by atoms with van der Waals surface area (Å²) in [5.74, 6) is -1.06. The number of para-hydroxylation sites is 1. The first kappa shape index (κ1) is 32.5. The minimum atomic E-state index is -3.48. The molecule has 49 heavy (non-hydrogen) atoms. The summed E-state index contributed by atoms with van der Waals surface area (Å²) < 4.78 is 26.1. The Kier molecular flexibility index (Phi) is 8.08. The van der Waals surface area contributed by atoms with Gasteiger partial charge in [-0.05, 0) is 55.4 Å². The van der Waals surface area contributed by atoms with Gasteiger partial charge in [-0.15, -0.1) is 5.10 Å². The summed E-state index contributed by atoms with van der Waals surface area (Å²) in [5, 5.41) is 33.1. The van der Waals surface area contributed by atoms with Crippen molar-refractivity contribution in [2.45, 2.75) is 63.2 Å². The largest absolute Gasteiger partial charge is 0.396 e. The topological polar surface area (TPSA) is 161 Å². The van der Waals surface area contributed by atoms with Crippen LogP contribution in [-0.4, -0.2) is 61.8 Å². The van der Waals surface area contributed by atoms with Crippen LogP contribution in [0.4, 0.5) is 15.5 Å². The number of fused-ring (bicyclic) bond motifs is 3. The molecule has 2 aliphatic heterocycles. The van der Waals surface area contributed by atoms with Crippen LogP contribution in [0.25, 0.3) is 16.6 Å². The number of nitrogens with zero attached hydrogens (tertiary/aromatic N) is 6. The highest BCUT2D eigenvalue weighted by molar-refractivity contribution is 6.72. The number of non-ortho nitro benzene ring substituents is 1. The van der Waals surface area contributed by atoms with Gasteiger partial charge in [0.05, 0.1) is 45.5 Å². The number of nitro groups is 1. The first-order chi connectivity index (χ1) is 23.4. The van der Waals surface area contributed by atoms with Crippen LogP contribution in [0.3, 0.4) is 0 Å². The van der Waals surface area contributed by atoms with Crippen LogP contribution < -0.4 is 10.5 Å². The number of aromatic nitrogens is 5. The molecule has 0 saturated carbocycles. The van der Waals surface area contributed by atoms with Crippen molar-refractivity contribution in [3.8, 4) is 5.69 Å². The van der Waals surface area contributed by atoms with E-state index in [1.165, 1.54) is 16.8 Å². The number of aryl methyl sites for hydroxylation is 1. The van der Waals surface area contributed by atoms with Gasteiger partial charge in [0.15, 0.2) is 5.60 Å². The Morgan fingerprint density at radius 1 is 1.12 bits per heavy atom. The number of aliphatic hydroxyl groups is 1. The molecule has 15 heteroatoms. The third-order valence-corrected chi connectivity index (χ3v) is 12.3. The van der Waals surface area contributed by atoms with Gasteiger partial charge >= 0.3 is 0 Å². The van der Waals surface area contributed by atoms with Crippen molar-refractivity contribution in [2.75, 3.05) is 11.5 Å². The van der Waals surface area contributed by atoms with E-state index in [9.17, 15) is 24.8 Å². The summed E-state index contributed by atoms with van der Waals surface area (Å²) in [6.07, 6.45) is 1.73. The SMILES string of the molecule is C[C@H]1[C@H]([Si](C)(C)F)[C@@H](CCn2cc(CCO)nn2)O[C@]12C(=O)N(Cc1cccc(-n3[nH]c4ccccc4c3=O)c1)c1ccc([N+](=O)[O-])cc12. The Hall–Kier alpha value is -4.99. The maximum Gasteiger partial charge on any atom is 0.279 e. The summed E-state index contributed by atoms with van der Waals surface area (Å²) in [5.41, 5.74) is 0.742. The Morgan fingerprint density at radius 3 is 2.65 bits per heavy atom. The van der Waals surface area contributed by atoms with Gasteiger partial charge in [-0.3, -0.25) is 29.5 Å². The number of rotatable bonds is 10. The Balaban J connectivity index is 1.26. The van der Waals surface area contributed by atoms with Gasteiger partial charge in [-0.25, -0.2) is 4.68 Å². The minimum absolute atomic E-state index is 0.0653. The van der Waals surface area contributed by atoms with Gasteiger partial charge in [-0.2, -0.15) is 0 Å². The van der Waals surface area contributed by atoms with E-state index in [1.807, 2.05) is 24.3 Å². The first-order valence-electron chi connectivity index (χ1n) is 16.2. The lowest BCUT2D eigenvalue weighted by Crippen LogP contribution is -2.45. The van der Waals surface area contributed by atoms with E-state index in [-0.39, 0.29) is 24.4 Å². The van der Waals surface area contributed by atoms with Crippen molar-refractivity contribution in [2.24, 2.45) is 5.92 Å². The predicted octanol–water partition coefficient (Wildman–Crippen LogP) is 4.77. The zero-order chi connectivity index (χ0) is 34.7. The number of H-pyrrole nitrogens is 1. The lowest BCUT2D eigenvalue weighted by Gasteiger charge is -2.31. The molecule has 7 rings (SSSR count). The molecule has 254 valence electrons. The molecule has 13 nitrogen and oxygen atoms in total. The molecule has 2 N–H and O–H groups in total. The minimum Gasteiger partial charge on any atom is -0.396 e. The van der Waals surface area contributed by atoms with Crippen LogP contribution in [0, 0.1) is 16.0 Å². The van der Waals surface area contributed by atoms with Gasteiger partial charge in [0.2, 0.25) is 8.41 Å². The lowest BCUT2D eigenvalue weighted by molar-refractivity contribution is -0.385. The van der Waals surface area contributed by atoms with Gasteiger partial charge in [0.25, 0.3) is 17.2 Å². The molecule has 0 aliphatic carbocycles. The second-order valence-corrected chi connectivity index (χ2v) is 17.1. The number of amides is 1. The number of aliphatic hydroxyl groups excluding tert-OH is 1. The number of hydrogen-bond donors (Lipinski definition) is 2. The van der Waals surface area contributed by atoms with Crippen molar-refractivity contribution in [3.63, 3.8) is 0 Å². The van der Waals surface area contributed by atoms with Gasteiger partial charge in [0, 0.05) is 54.9 Å². The molecule has 3 aromatic carbocycles. The highest BCUT2D eigenvalue weighted by Crippen LogP contribution is 2.60. The van der Waals surface area contributed by atoms with Crippen molar-refractivity contribution in [1.82, 2.24) is 24.8 Å². The van der Waals surface area contributed by atoms with E-state index in [0.29, 0.717) is 58.5 Å². The molecular weight excluding hydrogens is 650 g/mol. The fourth-order valence-electron chi connectivity index (χ4n) is 7.73. The third-order valence-electron chi connectivity index (χ3n) is 9.85. The van der Waals surface area contributed by atoms with Crippen LogP contribution in [0.15, 0.2) is 77.7 Å². The standard InChI is InChI=1S/C34H36FN7O6Si/c1-21-31(49(2,3)35)30(13-15-39-20-23(14-16-43)36-38-39)48-34(21)27-18-25(42(46)47)11-12-29(27)40(33(34)45)19-22-7-6-8-24(17-22)41-32(44)26-9-4-5-10-28(26)37-41/h4-12,17-18,20-21,30-31,37,43H,13-16,19H2,1-3H3/t21-,30+,31-,34+/m0/s1. The molecule has 5 aromatic rings. The molecule has 1 fully saturated rings. The summed E-state index contributed by atoms with van der Waals surface area (Å²) in [4.78, 5) is 40.9. The van der Waals surface area contributed by atoms with E-state index in [0.717, 1.165) is 0 Å². The van der Waals surface area contributed by atoms with Gasteiger partial charge < -0.3 is 18.9 Å². The fraction of sp³-hybridized carbons (Fsp3) is 0.353. The number of nitrogens with one attached hydrogen (secondary N) is 1. The normalized spacial score (nSPS) is 22.0. The van der Waals surface area contributed by atoms with Crippen molar-refractivity contribution >= 4 is 36.6 Å². The van der Waals surface area contributed by atoms with Gasteiger partial charge in [-0.1, -0.05) is 36.4 Å².